The fourth-order valence-electron chi connectivity index (χ4n) is 11.1. The number of hydrogen-bond acceptors (Lipinski definition) is 10. The Morgan fingerprint density at radius 3 is 2.16 bits per heavy atom. The molecule has 2 unspecified atom stereocenters. The van der Waals surface area contributed by atoms with Crippen LogP contribution in [0.1, 0.15) is 106 Å². The number of nitrogens with zero attached hydrogens (tertiary/aromatic N) is 6. The van der Waals surface area contributed by atoms with E-state index in [1.54, 1.807) is 6.07 Å². The lowest BCUT2D eigenvalue weighted by Crippen LogP contribution is -2.57. The van der Waals surface area contributed by atoms with Crippen molar-refractivity contribution in [2.75, 3.05) is 50.5 Å². The number of phenols is 1. The average molecular weight is 961 g/mol. The highest BCUT2D eigenvalue weighted by Gasteiger charge is 2.47. The van der Waals surface area contributed by atoms with E-state index in [1.807, 2.05) is 31.9 Å². The number of ether oxygens (including phenoxy) is 2. The van der Waals surface area contributed by atoms with Crippen molar-refractivity contribution in [3.8, 4) is 34.5 Å². The molecular weight excluding hydrogens is 897 g/mol. The number of piperidine rings is 1. The largest absolute Gasteiger partial charge is 0.508 e. The second kappa shape index (κ2) is 18.7. The molecule has 4 aliphatic rings. The van der Waals surface area contributed by atoms with Crippen LogP contribution >= 0.6 is 11.8 Å². The molecule has 16 heteroatoms. The fourth-order valence-corrected chi connectivity index (χ4v) is 16.9. The summed E-state index contributed by atoms with van der Waals surface area (Å²) >= 11 is 1.29. The molecule has 5 heterocycles. The minimum atomic E-state index is -2.35. The Morgan fingerprint density at radius 1 is 0.955 bits per heavy atom. The Kier molecular flexibility index (Phi) is 13.6. The summed E-state index contributed by atoms with van der Waals surface area (Å²) in [5.74, 6) is 2.23. The van der Waals surface area contributed by atoms with Crippen LogP contribution in [-0.2, 0) is 4.74 Å². The number of pyridine rings is 1. The van der Waals surface area contributed by atoms with E-state index in [2.05, 4.69) is 62.8 Å². The zero-order chi connectivity index (χ0) is 48.3. The number of benzene rings is 2. The number of fused-ring (bicyclic) bond motifs is 4. The molecule has 2 aromatic heterocycles. The Balaban J connectivity index is 1.26. The number of phenolic OH excluding ortho intramolecular Hbond substituents is 1. The number of piperazine rings is 1. The Morgan fingerprint density at radius 2 is 1.60 bits per heavy atom. The van der Waals surface area contributed by atoms with Gasteiger partial charge in [0, 0.05) is 49.1 Å². The van der Waals surface area contributed by atoms with Crippen molar-refractivity contribution in [2.45, 2.75) is 140 Å². The first-order chi connectivity index (χ1) is 31.6. The second-order valence-corrected chi connectivity index (χ2v) is 27.5. The lowest BCUT2D eigenvalue weighted by atomic mass is 9.95. The van der Waals surface area contributed by atoms with Crippen LogP contribution in [-0.4, -0.2) is 107 Å². The predicted molar refractivity (Wildman–Crippen MR) is 261 cm³/mol. The smallest absolute Gasteiger partial charge is 0.410 e. The van der Waals surface area contributed by atoms with Gasteiger partial charge in [0.15, 0.2) is 5.82 Å². The van der Waals surface area contributed by atoms with Crippen molar-refractivity contribution >= 4 is 53.4 Å². The van der Waals surface area contributed by atoms with Crippen molar-refractivity contribution < 1.29 is 36.9 Å². The first kappa shape index (κ1) is 48.8. The van der Waals surface area contributed by atoms with Crippen LogP contribution in [0.15, 0.2) is 40.9 Å². The SMILES string of the molecule is CSc1nc(-c2cc(O)cc3ccc(F)c(C#C[Si](C(C)C)(C(C)C)C(C)C)c23)c(F)c2nc(OCC3(CN4CCC(=C(F)F)CC4)CC3)nc(N3CC4CCC(C3)N4C(=O)OC(C)(C)C)c12. The van der Waals surface area contributed by atoms with Crippen LogP contribution in [0.2, 0.25) is 16.6 Å². The molecule has 1 N–H and O–H groups in total. The summed E-state index contributed by atoms with van der Waals surface area (Å²) in [6, 6.07) is 5.45. The number of carbonyl (C=O) groups is 1. The number of aromatic nitrogens is 3. The van der Waals surface area contributed by atoms with Crippen molar-refractivity contribution in [1.29, 1.82) is 0 Å². The molecule has 3 saturated heterocycles. The summed E-state index contributed by atoms with van der Waals surface area (Å²) in [4.78, 5) is 34.4. The number of likely N-dealkylation sites (tertiary alicyclic amines) is 1. The number of rotatable bonds is 11. The highest BCUT2D eigenvalue weighted by molar-refractivity contribution is 7.98. The molecule has 0 spiro atoms. The van der Waals surface area contributed by atoms with Gasteiger partial charge >= 0.3 is 12.1 Å². The predicted octanol–water partition coefficient (Wildman–Crippen LogP) is 12.1. The lowest BCUT2D eigenvalue weighted by molar-refractivity contribution is 0.0122. The number of anilines is 1. The normalized spacial score (nSPS) is 19.7. The van der Waals surface area contributed by atoms with Crippen LogP contribution in [0.3, 0.4) is 0 Å². The summed E-state index contributed by atoms with van der Waals surface area (Å²) in [5.41, 5.74) is 3.93. The van der Waals surface area contributed by atoms with E-state index in [0.29, 0.717) is 72.6 Å². The van der Waals surface area contributed by atoms with Gasteiger partial charge in [0.05, 0.1) is 29.6 Å². The van der Waals surface area contributed by atoms with Gasteiger partial charge < -0.3 is 24.4 Å². The first-order valence-corrected chi connectivity index (χ1v) is 27.2. The maximum Gasteiger partial charge on any atom is 0.410 e. The first-order valence-electron chi connectivity index (χ1n) is 23.7. The van der Waals surface area contributed by atoms with Crippen LogP contribution in [0.5, 0.6) is 11.8 Å². The van der Waals surface area contributed by atoms with Gasteiger partial charge in [-0.2, -0.15) is 18.7 Å². The van der Waals surface area contributed by atoms with Gasteiger partial charge in [-0.25, -0.2) is 18.6 Å². The van der Waals surface area contributed by atoms with Gasteiger partial charge in [-0.15, -0.1) is 17.3 Å². The molecule has 0 radical (unpaired) electrons. The number of amides is 1. The number of carbonyl (C=O) groups excluding carboxylic acids is 1. The van der Waals surface area contributed by atoms with Gasteiger partial charge in [-0.1, -0.05) is 53.5 Å². The number of halogens is 4. The van der Waals surface area contributed by atoms with Crippen molar-refractivity contribution in [1.82, 2.24) is 24.8 Å². The molecule has 4 fully saturated rings. The quantitative estimate of drug-likeness (QED) is 0.0676. The molecule has 360 valence electrons. The van der Waals surface area contributed by atoms with E-state index < -0.39 is 31.4 Å². The van der Waals surface area contributed by atoms with Crippen LogP contribution in [0.25, 0.3) is 32.9 Å². The van der Waals surface area contributed by atoms with Gasteiger partial charge in [-0.3, -0.25) is 4.90 Å². The molecule has 8 rings (SSSR count). The Hall–Kier alpha value is -4.59. The number of hydrogen-bond donors (Lipinski definition) is 1. The average Bonchev–Trinajstić information content (AvgIpc) is 3.97. The zero-order valence-corrected chi connectivity index (χ0v) is 42.3. The molecule has 1 amide bonds. The van der Waals surface area contributed by atoms with E-state index in [-0.39, 0.29) is 86.5 Å². The standard InChI is InChI=1S/C51H64F4N6O4SSi/c1-29(2)67(30(3)4,31(5)6)22-17-37-39(52)14-11-33-23-36(62)24-38(40(33)37)43-42(53)44-41(47(56-43)66-10)46(60-25-34-12-13-35(26-60)61(34)49(63)65-50(7,8)9)58-48(57-44)64-28-51(18-19-51)27-59-20-15-32(16-21-59)45(54)55/h11,14,23-24,29-31,34-35,62H,12-13,15-16,18-21,25-28H2,1-10H3. The summed E-state index contributed by atoms with van der Waals surface area (Å²) < 4.78 is 73.3. The number of thioether (sulfide) groups is 1. The third-order valence-electron chi connectivity index (χ3n) is 14.6. The topological polar surface area (TPSA) is 104 Å². The molecule has 10 nitrogen and oxygen atoms in total. The summed E-state index contributed by atoms with van der Waals surface area (Å²) in [6.45, 7) is 21.5. The van der Waals surface area contributed by atoms with E-state index in [9.17, 15) is 18.7 Å². The molecular formula is C51H64F4N6O4SSi. The van der Waals surface area contributed by atoms with E-state index in [4.69, 9.17) is 24.4 Å². The summed E-state index contributed by atoms with van der Waals surface area (Å²) in [7, 11) is -2.35. The summed E-state index contributed by atoms with van der Waals surface area (Å²) in [6.07, 6.45) is 3.82. The molecule has 4 aromatic rings. The third-order valence-corrected chi connectivity index (χ3v) is 21.6. The van der Waals surface area contributed by atoms with Crippen molar-refractivity contribution in [3.05, 3.63) is 53.1 Å². The minimum absolute atomic E-state index is 0.0297. The maximum absolute atomic E-state index is 18.0. The highest BCUT2D eigenvalue weighted by atomic mass is 32.2. The van der Waals surface area contributed by atoms with E-state index in [1.165, 1.54) is 30.0 Å². The molecule has 2 bridgehead atoms. The monoisotopic (exact) mass is 960 g/mol. The third kappa shape index (κ3) is 9.58. The number of aromatic hydroxyl groups is 1. The van der Waals surface area contributed by atoms with Gasteiger partial charge in [0.25, 0.3) is 6.08 Å². The molecule has 1 saturated carbocycles. The van der Waals surface area contributed by atoms with Crippen LogP contribution in [0, 0.1) is 28.5 Å². The second-order valence-electron chi connectivity index (χ2n) is 21.1. The fraction of sp³-hybridized carbons (Fsp3) is 0.569. The molecule has 1 aliphatic carbocycles. The maximum atomic E-state index is 18.0. The molecule has 2 atom stereocenters. The van der Waals surface area contributed by atoms with Gasteiger partial charge in [-0.05, 0) is 111 Å². The summed E-state index contributed by atoms with van der Waals surface area (Å²) in [5, 5.41) is 12.8. The van der Waals surface area contributed by atoms with Gasteiger partial charge in [0.2, 0.25) is 0 Å². The Labute approximate surface area is 397 Å². The minimum Gasteiger partial charge on any atom is -0.508 e. The van der Waals surface area contributed by atoms with E-state index >= 15 is 8.78 Å². The van der Waals surface area contributed by atoms with Crippen molar-refractivity contribution in [3.63, 3.8) is 0 Å². The van der Waals surface area contributed by atoms with Gasteiger partial charge in [0.1, 0.15) is 47.3 Å². The highest BCUT2D eigenvalue weighted by Crippen LogP contribution is 2.48. The van der Waals surface area contributed by atoms with Crippen LogP contribution < -0.4 is 9.64 Å². The van der Waals surface area contributed by atoms with Crippen molar-refractivity contribution in [2.24, 2.45) is 5.41 Å². The molecule has 3 aliphatic heterocycles. The lowest BCUT2D eigenvalue weighted by Gasteiger charge is -2.42. The molecule has 67 heavy (non-hydrogen) atoms. The molecule has 2 aromatic carbocycles. The Bertz CT molecular complexity index is 2630. The zero-order valence-electron chi connectivity index (χ0n) is 40.5. The van der Waals surface area contributed by atoms with Crippen LogP contribution in [0.4, 0.5) is 28.2 Å². The van der Waals surface area contributed by atoms with E-state index in [0.717, 1.165) is 25.7 Å².